The number of hydrogen-bond donors (Lipinski definition) is 0. The Morgan fingerprint density at radius 2 is 2.06 bits per heavy atom. The van der Waals surface area contributed by atoms with Crippen molar-refractivity contribution in [2.45, 2.75) is 13.5 Å². The fraction of sp³-hybridized carbons (Fsp3) is 0.308. The van der Waals surface area contributed by atoms with E-state index in [2.05, 4.69) is 10.1 Å². The van der Waals surface area contributed by atoms with Gasteiger partial charge in [0.15, 0.2) is 5.69 Å². The number of aryl methyl sites for hydroxylation is 2. The summed E-state index contributed by atoms with van der Waals surface area (Å²) in [6.07, 6.45) is 3.44. The lowest BCUT2D eigenvalue weighted by Crippen LogP contribution is -2.26. The lowest BCUT2D eigenvalue weighted by Gasteiger charge is -2.15. The highest BCUT2D eigenvalue weighted by atomic mass is 16.2. The molecule has 0 fully saturated rings. The maximum atomic E-state index is 12.1. The van der Waals surface area contributed by atoms with Gasteiger partial charge in [0.25, 0.3) is 5.91 Å². The molecule has 2 aromatic rings. The molecule has 0 aromatic carbocycles. The Morgan fingerprint density at radius 3 is 2.61 bits per heavy atom. The first kappa shape index (κ1) is 12.3. The van der Waals surface area contributed by atoms with Crippen LogP contribution in [0.4, 0.5) is 0 Å². The molecule has 2 heterocycles. The van der Waals surface area contributed by atoms with E-state index in [-0.39, 0.29) is 5.91 Å². The number of carbonyl (C=O) groups is 1. The number of amides is 1. The van der Waals surface area contributed by atoms with Crippen molar-refractivity contribution in [1.82, 2.24) is 19.7 Å². The van der Waals surface area contributed by atoms with Crippen molar-refractivity contribution in [3.05, 3.63) is 47.5 Å². The fourth-order valence-electron chi connectivity index (χ4n) is 1.69. The monoisotopic (exact) mass is 244 g/mol. The molecule has 94 valence electrons. The van der Waals surface area contributed by atoms with E-state index in [1.165, 1.54) is 0 Å². The predicted octanol–water partition coefficient (Wildman–Crippen LogP) is 1.40. The molecule has 5 nitrogen and oxygen atoms in total. The maximum Gasteiger partial charge on any atom is 0.274 e. The summed E-state index contributed by atoms with van der Waals surface area (Å²) in [5, 5.41) is 4.19. The molecule has 0 atom stereocenters. The zero-order chi connectivity index (χ0) is 13.1. The summed E-state index contributed by atoms with van der Waals surface area (Å²) >= 11 is 0. The van der Waals surface area contributed by atoms with Gasteiger partial charge < -0.3 is 4.90 Å². The van der Waals surface area contributed by atoms with Gasteiger partial charge >= 0.3 is 0 Å². The lowest BCUT2D eigenvalue weighted by atomic mass is 10.2. The molecule has 2 aromatic heterocycles. The average Bonchev–Trinajstić information content (AvgIpc) is 2.70. The van der Waals surface area contributed by atoms with E-state index < -0.39 is 0 Å². The van der Waals surface area contributed by atoms with Crippen LogP contribution in [0, 0.1) is 6.92 Å². The quantitative estimate of drug-likeness (QED) is 0.820. The molecule has 18 heavy (non-hydrogen) atoms. The zero-order valence-corrected chi connectivity index (χ0v) is 10.8. The van der Waals surface area contributed by atoms with E-state index in [9.17, 15) is 4.79 Å². The number of carbonyl (C=O) groups excluding carboxylic acids is 1. The summed E-state index contributed by atoms with van der Waals surface area (Å²) in [6, 6.07) is 5.59. The summed E-state index contributed by atoms with van der Waals surface area (Å²) in [7, 11) is 3.60. The van der Waals surface area contributed by atoms with Gasteiger partial charge in [-0.05, 0) is 30.7 Å². The second-order valence-corrected chi connectivity index (χ2v) is 4.31. The van der Waals surface area contributed by atoms with Gasteiger partial charge in [-0.2, -0.15) is 5.10 Å². The topological polar surface area (TPSA) is 51.0 Å². The summed E-state index contributed by atoms with van der Waals surface area (Å²) in [5.41, 5.74) is 2.50. The molecule has 1 amide bonds. The predicted molar refractivity (Wildman–Crippen MR) is 68.0 cm³/mol. The van der Waals surface area contributed by atoms with Gasteiger partial charge in [0.1, 0.15) is 0 Å². The summed E-state index contributed by atoms with van der Waals surface area (Å²) in [6.45, 7) is 2.48. The van der Waals surface area contributed by atoms with E-state index in [4.69, 9.17) is 0 Å². The smallest absolute Gasteiger partial charge is 0.274 e. The Morgan fingerprint density at radius 1 is 1.39 bits per heavy atom. The van der Waals surface area contributed by atoms with E-state index in [1.807, 2.05) is 26.1 Å². The molecule has 0 radical (unpaired) electrons. The third-order valence-electron chi connectivity index (χ3n) is 2.85. The third kappa shape index (κ3) is 2.56. The summed E-state index contributed by atoms with van der Waals surface area (Å²) in [5.74, 6) is -0.0736. The normalized spacial score (nSPS) is 10.4. The van der Waals surface area contributed by atoms with Crippen LogP contribution in [-0.2, 0) is 13.6 Å². The van der Waals surface area contributed by atoms with Crippen LogP contribution < -0.4 is 0 Å². The van der Waals surface area contributed by atoms with Crippen molar-refractivity contribution in [3.63, 3.8) is 0 Å². The molecule has 0 saturated heterocycles. The van der Waals surface area contributed by atoms with Gasteiger partial charge in [-0.25, -0.2) is 0 Å². The molecule has 0 spiro atoms. The van der Waals surface area contributed by atoms with Crippen LogP contribution >= 0.6 is 0 Å². The highest BCUT2D eigenvalue weighted by molar-refractivity contribution is 5.92. The van der Waals surface area contributed by atoms with E-state index >= 15 is 0 Å². The van der Waals surface area contributed by atoms with Gasteiger partial charge in [0.05, 0.1) is 0 Å². The van der Waals surface area contributed by atoms with Crippen molar-refractivity contribution in [2.75, 3.05) is 7.05 Å². The van der Waals surface area contributed by atoms with Crippen LogP contribution in [0.2, 0.25) is 0 Å². The van der Waals surface area contributed by atoms with Crippen LogP contribution in [0.1, 0.15) is 21.7 Å². The molecule has 0 aliphatic heterocycles. The van der Waals surface area contributed by atoms with Crippen molar-refractivity contribution < 1.29 is 4.79 Å². The van der Waals surface area contributed by atoms with E-state index in [0.29, 0.717) is 12.2 Å². The molecule has 2 rings (SSSR count). The van der Waals surface area contributed by atoms with Gasteiger partial charge in [-0.15, -0.1) is 0 Å². The summed E-state index contributed by atoms with van der Waals surface area (Å²) < 4.78 is 1.70. The van der Waals surface area contributed by atoms with Crippen molar-refractivity contribution in [3.8, 4) is 0 Å². The summed E-state index contributed by atoms with van der Waals surface area (Å²) in [4.78, 5) is 17.8. The zero-order valence-electron chi connectivity index (χ0n) is 10.8. The Balaban J connectivity index is 2.09. The number of rotatable bonds is 3. The minimum atomic E-state index is -0.0736. The molecule has 0 aliphatic carbocycles. The minimum Gasteiger partial charge on any atom is -0.336 e. The van der Waals surface area contributed by atoms with Crippen molar-refractivity contribution >= 4 is 5.91 Å². The average molecular weight is 244 g/mol. The first-order valence-electron chi connectivity index (χ1n) is 5.73. The van der Waals surface area contributed by atoms with E-state index in [1.54, 1.807) is 35.1 Å². The first-order chi connectivity index (χ1) is 8.58. The number of nitrogens with zero attached hydrogens (tertiary/aromatic N) is 4. The van der Waals surface area contributed by atoms with Crippen LogP contribution in [-0.4, -0.2) is 32.6 Å². The van der Waals surface area contributed by atoms with Crippen molar-refractivity contribution in [2.24, 2.45) is 7.05 Å². The van der Waals surface area contributed by atoms with Gasteiger partial charge in [0, 0.05) is 38.7 Å². The first-order valence-corrected chi connectivity index (χ1v) is 5.73. The molecule has 0 N–H and O–H groups in total. The fourth-order valence-corrected chi connectivity index (χ4v) is 1.69. The SMILES string of the molecule is Cc1cc(C(=O)N(C)Cc2ccncc2)nn1C. The molecule has 0 aliphatic rings. The van der Waals surface area contributed by atoms with Gasteiger partial charge in [-0.1, -0.05) is 0 Å². The molecular weight excluding hydrogens is 228 g/mol. The Labute approximate surface area is 106 Å². The molecule has 5 heteroatoms. The highest BCUT2D eigenvalue weighted by Crippen LogP contribution is 2.08. The van der Waals surface area contributed by atoms with Crippen LogP contribution in [0.3, 0.4) is 0 Å². The number of aromatic nitrogens is 3. The molecule has 0 unspecified atom stereocenters. The van der Waals surface area contributed by atoms with Gasteiger partial charge in [-0.3, -0.25) is 14.5 Å². The van der Waals surface area contributed by atoms with E-state index in [0.717, 1.165) is 11.3 Å². The van der Waals surface area contributed by atoms with Gasteiger partial charge in [0.2, 0.25) is 0 Å². The molecule has 0 saturated carbocycles. The molecule has 0 bridgehead atoms. The van der Waals surface area contributed by atoms with Crippen LogP contribution in [0.25, 0.3) is 0 Å². The number of hydrogen-bond acceptors (Lipinski definition) is 3. The number of pyridine rings is 1. The van der Waals surface area contributed by atoms with Crippen molar-refractivity contribution in [1.29, 1.82) is 0 Å². The second kappa shape index (κ2) is 5.00. The maximum absolute atomic E-state index is 12.1. The standard InChI is InChI=1S/C13H16N4O/c1-10-8-12(15-17(10)3)13(18)16(2)9-11-4-6-14-7-5-11/h4-8H,9H2,1-3H3. The van der Waals surface area contributed by atoms with Crippen LogP contribution in [0.5, 0.6) is 0 Å². The largest absolute Gasteiger partial charge is 0.336 e. The Kier molecular flexibility index (Phi) is 3.41. The molecular formula is C13H16N4O. The minimum absolute atomic E-state index is 0.0736. The second-order valence-electron chi connectivity index (χ2n) is 4.31. The third-order valence-corrected chi connectivity index (χ3v) is 2.85. The highest BCUT2D eigenvalue weighted by Gasteiger charge is 2.15. The Bertz CT molecular complexity index is 528. The lowest BCUT2D eigenvalue weighted by molar-refractivity contribution is 0.0778. The van der Waals surface area contributed by atoms with Crippen LogP contribution in [0.15, 0.2) is 30.6 Å². The Hall–Kier alpha value is -2.17.